The van der Waals surface area contributed by atoms with E-state index in [2.05, 4.69) is 53.3 Å². The van der Waals surface area contributed by atoms with Crippen LogP contribution in [0.15, 0.2) is 24.8 Å². The molecule has 0 aromatic rings. The Labute approximate surface area is 130 Å². The van der Waals surface area contributed by atoms with Crippen molar-refractivity contribution in [2.24, 2.45) is 22.7 Å². The minimum Gasteiger partial charge on any atom is -0.361 e. The fourth-order valence-corrected chi connectivity index (χ4v) is 5.91. The normalized spacial score (nSPS) is 51.9. The highest BCUT2D eigenvalue weighted by atomic mass is 16.5. The Morgan fingerprint density at radius 2 is 1.81 bits per heavy atom. The number of hydrogen-bond donors (Lipinski definition) is 0. The van der Waals surface area contributed by atoms with E-state index >= 15 is 0 Å². The van der Waals surface area contributed by atoms with Gasteiger partial charge in [-0.2, -0.15) is 0 Å². The zero-order valence-corrected chi connectivity index (χ0v) is 14.5. The van der Waals surface area contributed by atoms with Crippen molar-refractivity contribution in [3.63, 3.8) is 0 Å². The monoisotopic (exact) mass is 288 g/mol. The van der Waals surface area contributed by atoms with Crippen LogP contribution in [-0.2, 0) is 4.74 Å². The summed E-state index contributed by atoms with van der Waals surface area (Å²) in [6.07, 6.45) is 13.3. The quantitative estimate of drug-likeness (QED) is 0.577. The molecule has 0 amide bonds. The summed E-state index contributed by atoms with van der Waals surface area (Å²) >= 11 is 0. The van der Waals surface area contributed by atoms with Crippen LogP contribution >= 0.6 is 0 Å². The van der Waals surface area contributed by atoms with Gasteiger partial charge in [0.1, 0.15) is 0 Å². The van der Waals surface area contributed by atoms with E-state index in [4.69, 9.17) is 4.74 Å². The summed E-state index contributed by atoms with van der Waals surface area (Å²) < 4.78 is 6.59. The van der Waals surface area contributed by atoms with Crippen LogP contribution in [0.5, 0.6) is 0 Å². The molecule has 0 bridgehead atoms. The van der Waals surface area contributed by atoms with Gasteiger partial charge in [-0.05, 0) is 62.2 Å². The van der Waals surface area contributed by atoms with Gasteiger partial charge in [-0.3, -0.25) is 0 Å². The molecule has 5 atom stereocenters. The molecular weight excluding hydrogens is 256 g/mol. The topological polar surface area (TPSA) is 9.23 Å². The van der Waals surface area contributed by atoms with Crippen LogP contribution in [0.4, 0.5) is 0 Å². The molecule has 0 N–H and O–H groups in total. The van der Waals surface area contributed by atoms with Gasteiger partial charge in [0.15, 0.2) is 0 Å². The highest BCUT2D eigenvalue weighted by Crippen LogP contribution is 2.63. The maximum Gasteiger partial charge on any atom is 0.0879 e. The van der Waals surface area contributed by atoms with Gasteiger partial charge in [0, 0.05) is 0 Å². The van der Waals surface area contributed by atoms with Gasteiger partial charge in [0.05, 0.1) is 11.2 Å². The van der Waals surface area contributed by atoms with Crippen LogP contribution in [0.1, 0.15) is 66.7 Å². The van der Waals surface area contributed by atoms with Gasteiger partial charge < -0.3 is 4.74 Å². The summed E-state index contributed by atoms with van der Waals surface area (Å²) in [5, 5.41) is 0. The van der Waals surface area contributed by atoms with Gasteiger partial charge in [0.25, 0.3) is 0 Å². The highest BCUT2D eigenvalue weighted by Gasteiger charge is 2.59. The summed E-state index contributed by atoms with van der Waals surface area (Å²) in [7, 11) is 0. The minimum absolute atomic E-state index is 0.125. The summed E-state index contributed by atoms with van der Waals surface area (Å²) in [5.74, 6) is 1.32. The van der Waals surface area contributed by atoms with E-state index in [9.17, 15) is 0 Å². The largest absolute Gasteiger partial charge is 0.361 e. The third-order valence-electron chi connectivity index (χ3n) is 7.01. The van der Waals surface area contributed by atoms with Gasteiger partial charge >= 0.3 is 0 Å². The lowest BCUT2D eigenvalue weighted by molar-refractivity contribution is -0.206. The summed E-state index contributed by atoms with van der Waals surface area (Å²) in [6.45, 7) is 15.9. The number of rotatable bonds is 1. The number of fused-ring (bicyclic) bond motifs is 3. The maximum absolute atomic E-state index is 6.59. The van der Waals surface area contributed by atoms with E-state index in [-0.39, 0.29) is 11.2 Å². The van der Waals surface area contributed by atoms with Gasteiger partial charge in [-0.1, -0.05) is 45.4 Å². The summed E-state index contributed by atoms with van der Waals surface area (Å²) in [4.78, 5) is 0. The van der Waals surface area contributed by atoms with Crippen LogP contribution < -0.4 is 0 Å². The molecular formula is C20H32O. The second-order valence-corrected chi connectivity index (χ2v) is 9.08. The number of allylic oxidation sites excluding steroid dienone is 1. The lowest BCUT2D eigenvalue weighted by Gasteiger charge is -2.62. The van der Waals surface area contributed by atoms with Crippen LogP contribution in [0, 0.1) is 22.7 Å². The zero-order chi connectivity index (χ0) is 15.5. The van der Waals surface area contributed by atoms with Crippen molar-refractivity contribution in [3.8, 4) is 0 Å². The maximum atomic E-state index is 6.59. The number of ether oxygens (including phenoxy) is 1. The van der Waals surface area contributed by atoms with Crippen molar-refractivity contribution in [2.75, 3.05) is 0 Å². The van der Waals surface area contributed by atoms with Crippen molar-refractivity contribution >= 4 is 0 Å². The van der Waals surface area contributed by atoms with Crippen molar-refractivity contribution in [2.45, 2.75) is 77.9 Å². The highest BCUT2D eigenvalue weighted by molar-refractivity contribution is 5.23. The SMILES string of the molecule is C=C[C@]1(C)CCC2[C@@](C)(C=C[C@H]3C(C)(C)CCC[C@]23C)O1. The van der Waals surface area contributed by atoms with Gasteiger partial charge in [-0.25, -0.2) is 0 Å². The molecule has 0 spiro atoms. The Balaban J connectivity index is 2.02. The minimum atomic E-state index is -0.164. The van der Waals surface area contributed by atoms with E-state index in [1.54, 1.807) is 0 Å². The lowest BCUT2D eigenvalue weighted by atomic mass is 9.46. The first-order chi connectivity index (χ1) is 9.65. The Hall–Kier alpha value is -0.560. The zero-order valence-electron chi connectivity index (χ0n) is 14.5. The lowest BCUT2D eigenvalue weighted by Crippen LogP contribution is -2.60. The third kappa shape index (κ3) is 2.15. The average Bonchev–Trinajstić information content (AvgIpc) is 2.36. The molecule has 0 radical (unpaired) electrons. The van der Waals surface area contributed by atoms with E-state index in [1.807, 2.05) is 6.08 Å². The first-order valence-electron chi connectivity index (χ1n) is 8.68. The molecule has 1 heteroatoms. The molecule has 3 aliphatic rings. The Bertz CT molecular complexity index is 476. The second-order valence-electron chi connectivity index (χ2n) is 9.08. The van der Waals surface area contributed by atoms with Crippen LogP contribution in [0.3, 0.4) is 0 Å². The van der Waals surface area contributed by atoms with Crippen LogP contribution in [0.25, 0.3) is 0 Å². The van der Waals surface area contributed by atoms with Crippen molar-refractivity contribution < 1.29 is 4.74 Å². The molecule has 2 aliphatic carbocycles. The Morgan fingerprint density at radius 3 is 2.48 bits per heavy atom. The molecule has 1 saturated carbocycles. The molecule has 1 saturated heterocycles. The van der Waals surface area contributed by atoms with Gasteiger partial charge in [-0.15, -0.1) is 6.58 Å². The molecule has 21 heavy (non-hydrogen) atoms. The standard InChI is InChI=1S/C20H32O/c1-7-18(4)13-9-16-19(5)12-8-11-17(2,3)15(19)10-14-20(16,6)21-18/h7,10,14-16H,1,8-9,11-13H2,2-6H3/t15-,16?,18+,19-,20+/m0/s1. The molecule has 1 unspecified atom stereocenters. The first-order valence-corrected chi connectivity index (χ1v) is 8.68. The van der Waals surface area contributed by atoms with E-state index < -0.39 is 0 Å². The number of hydrogen-bond acceptors (Lipinski definition) is 1. The van der Waals surface area contributed by atoms with Crippen molar-refractivity contribution in [3.05, 3.63) is 24.8 Å². The fourth-order valence-electron chi connectivity index (χ4n) is 5.91. The Morgan fingerprint density at radius 1 is 1.10 bits per heavy atom. The fraction of sp³-hybridized carbons (Fsp3) is 0.800. The molecule has 2 fully saturated rings. The molecule has 1 nitrogen and oxygen atoms in total. The predicted octanol–water partition coefficient (Wildman–Crippen LogP) is 5.52. The molecule has 3 rings (SSSR count). The predicted molar refractivity (Wildman–Crippen MR) is 89.2 cm³/mol. The van der Waals surface area contributed by atoms with E-state index in [0.717, 1.165) is 6.42 Å². The van der Waals surface area contributed by atoms with Crippen molar-refractivity contribution in [1.82, 2.24) is 0 Å². The second kappa shape index (κ2) is 4.47. The molecule has 1 heterocycles. The third-order valence-corrected chi connectivity index (χ3v) is 7.01. The van der Waals surface area contributed by atoms with Crippen LogP contribution in [0.2, 0.25) is 0 Å². The first kappa shape index (κ1) is 15.3. The molecule has 0 aromatic heterocycles. The smallest absolute Gasteiger partial charge is 0.0879 e. The molecule has 1 aliphatic heterocycles. The Kier molecular flexibility index (Phi) is 3.27. The van der Waals surface area contributed by atoms with E-state index in [1.165, 1.54) is 25.7 Å². The average molecular weight is 288 g/mol. The van der Waals surface area contributed by atoms with Crippen LogP contribution in [-0.4, -0.2) is 11.2 Å². The molecule has 0 aromatic carbocycles. The van der Waals surface area contributed by atoms with E-state index in [0.29, 0.717) is 22.7 Å². The van der Waals surface area contributed by atoms with Gasteiger partial charge in [0.2, 0.25) is 0 Å². The molecule has 118 valence electrons. The summed E-state index contributed by atoms with van der Waals surface area (Å²) in [6, 6.07) is 0. The van der Waals surface area contributed by atoms with Crippen molar-refractivity contribution in [1.29, 1.82) is 0 Å². The summed E-state index contributed by atoms with van der Waals surface area (Å²) in [5.41, 5.74) is 0.514.